The van der Waals surface area contributed by atoms with Crippen molar-refractivity contribution in [1.29, 1.82) is 0 Å². The highest BCUT2D eigenvalue weighted by molar-refractivity contribution is 5.94. The molecule has 4 N–H and O–H groups in total. The number of nitrogens with two attached hydrogens (primary N) is 1. The average molecular weight is 571 g/mol. The van der Waals surface area contributed by atoms with E-state index in [0.29, 0.717) is 55.0 Å². The normalized spacial score (nSPS) is 16.2. The number of carbonyl (C=O) groups excluding carboxylic acids is 1. The smallest absolute Gasteiger partial charge is 0.405 e. The Labute approximate surface area is 243 Å². The molecule has 2 aromatic heterocycles. The quantitative estimate of drug-likeness (QED) is 0.302. The molecular formula is C30H34N8O4. The van der Waals surface area contributed by atoms with Crippen LogP contribution in [0.25, 0.3) is 11.2 Å². The number of carboxylic acid groups (broad SMARTS) is 1. The van der Waals surface area contributed by atoms with Crippen molar-refractivity contribution in [2.75, 3.05) is 36.5 Å². The first kappa shape index (κ1) is 27.3. The number of aryl methyl sites for hydroxylation is 1. The summed E-state index contributed by atoms with van der Waals surface area (Å²) in [6.45, 7) is 4.48. The summed E-state index contributed by atoms with van der Waals surface area (Å²) in [5.41, 5.74) is 9.98. The highest BCUT2D eigenvalue weighted by Crippen LogP contribution is 2.37. The van der Waals surface area contributed by atoms with Crippen LogP contribution in [0.2, 0.25) is 0 Å². The lowest BCUT2D eigenvalue weighted by Crippen LogP contribution is -2.53. The summed E-state index contributed by atoms with van der Waals surface area (Å²) in [7, 11) is 1.64. The Morgan fingerprint density at radius 3 is 2.57 bits per heavy atom. The number of carbonyl (C=O) groups is 2. The molecule has 0 spiro atoms. The van der Waals surface area contributed by atoms with E-state index in [4.69, 9.17) is 25.5 Å². The van der Waals surface area contributed by atoms with E-state index in [-0.39, 0.29) is 0 Å². The van der Waals surface area contributed by atoms with E-state index in [1.807, 2.05) is 48.0 Å². The summed E-state index contributed by atoms with van der Waals surface area (Å²) >= 11 is 0. The lowest BCUT2D eigenvalue weighted by Gasteiger charge is -2.39. The minimum atomic E-state index is -1.01. The maximum absolute atomic E-state index is 11.8. The standard InChI is InChI=1S/C30H34N8O4/c1-30(34-29(40)41)11-14-36(15-12-30)24-17-32-25-27(33-24)38(18-19-5-8-22(42-2)9-6-19)35-28(25)37-13-3-4-20-16-21(26(31)39)7-10-23(20)37/h5-10,16-17,34H,3-4,11-15,18H2,1-2H3,(H2,31,39)(H,40,41). The number of fused-ring (bicyclic) bond motifs is 2. The van der Waals surface area contributed by atoms with Gasteiger partial charge >= 0.3 is 6.09 Å². The number of benzene rings is 2. The van der Waals surface area contributed by atoms with Crippen LogP contribution in [0.3, 0.4) is 0 Å². The second-order valence-electron chi connectivity index (χ2n) is 11.2. The molecular weight excluding hydrogens is 536 g/mol. The van der Waals surface area contributed by atoms with Crippen LogP contribution in [-0.4, -0.2) is 69.1 Å². The third-order valence-corrected chi connectivity index (χ3v) is 8.24. The van der Waals surface area contributed by atoms with Crippen LogP contribution in [0.4, 0.5) is 22.1 Å². The molecule has 2 aliphatic heterocycles. The van der Waals surface area contributed by atoms with Crippen molar-refractivity contribution in [2.45, 2.75) is 44.7 Å². The molecule has 0 unspecified atom stereocenters. The molecule has 0 aliphatic carbocycles. The Kier molecular flexibility index (Phi) is 7.05. The Bertz CT molecular complexity index is 1640. The van der Waals surface area contributed by atoms with Gasteiger partial charge in [0.2, 0.25) is 5.91 Å². The molecule has 2 aromatic carbocycles. The SMILES string of the molecule is COc1ccc(Cn2nc(N3CCCc4cc(C(N)=O)ccc43)c3ncc(N4CCC(C)(NC(=O)O)CC4)nc32)cc1. The fourth-order valence-electron chi connectivity index (χ4n) is 5.85. The van der Waals surface area contributed by atoms with E-state index in [1.165, 1.54) is 0 Å². The fraction of sp³-hybridized carbons (Fsp3) is 0.367. The molecule has 2 aliphatic rings. The van der Waals surface area contributed by atoms with Gasteiger partial charge in [-0.1, -0.05) is 12.1 Å². The molecule has 12 heteroatoms. The second kappa shape index (κ2) is 10.8. The number of nitrogens with one attached hydrogen (secondary N) is 1. The summed E-state index contributed by atoms with van der Waals surface area (Å²) < 4.78 is 7.21. The Hall–Kier alpha value is -4.87. The van der Waals surface area contributed by atoms with Crippen LogP contribution in [0.1, 0.15) is 47.7 Å². The van der Waals surface area contributed by atoms with Gasteiger partial charge in [0.05, 0.1) is 19.9 Å². The Morgan fingerprint density at radius 1 is 1.12 bits per heavy atom. The topological polar surface area (TPSA) is 152 Å². The molecule has 218 valence electrons. The van der Waals surface area contributed by atoms with Crippen LogP contribution in [0.5, 0.6) is 5.75 Å². The summed E-state index contributed by atoms with van der Waals surface area (Å²) in [5, 5.41) is 16.9. The van der Waals surface area contributed by atoms with Crippen molar-refractivity contribution in [3.8, 4) is 5.75 Å². The predicted molar refractivity (Wildman–Crippen MR) is 159 cm³/mol. The molecule has 42 heavy (non-hydrogen) atoms. The number of amides is 2. The number of hydrogen-bond acceptors (Lipinski definition) is 8. The maximum Gasteiger partial charge on any atom is 0.405 e. The molecule has 1 saturated heterocycles. The molecule has 4 heterocycles. The molecule has 0 bridgehead atoms. The third kappa shape index (κ3) is 5.27. The number of ether oxygens (including phenoxy) is 1. The van der Waals surface area contributed by atoms with Gasteiger partial charge in [0.15, 0.2) is 17.0 Å². The largest absolute Gasteiger partial charge is 0.497 e. The summed E-state index contributed by atoms with van der Waals surface area (Å²) in [5.74, 6) is 1.77. The van der Waals surface area contributed by atoms with Gasteiger partial charge in [-0.25, -0.2) is 19.4 Å². The van der Waals surface area contributed by atoms with Crippen LogP contribution < -0.4 is 25.6 Å². The zero-order valence-electron chi connectivity index (χ0n) is 23.7. The van der Waals surface area contributed by atoms with Gasteiger partial charge < -0.3 is 30.7 Å². The van der Waals surface area contributed by atoms with Crippen LogP contribution in [0, 0.1) is 0 Å². The van der Waals surface area contributed by atoms with Crippen molar-refractivity contribution in [3.05, 3.63) is 65.4 Å². The van der Waals surface area contributed by atoms with Gasteiger partial charge in [0, 0.05) is 36.4 Å². The molecule has 0 radical (unpaired) electrons. The van der Waals surface area contributed by atoms with Gasteiger partial charge in [-0.05, 0) is 74.1 Å². The summed E-state index contributed by atoms with van der Waals surface area (Å²) in [6.07, 6.45) is 3.83. The van der Waals surface area contributed by atoms with Gasteiger partial charge in [0.1, 0.15) is 11.6 Å². The number of methoxy groups -OCH3 is 1. The van der Waals surface area contributed by atoms with Gasteiger partial charge in [-0.2, -0.15) is 5.10 Å². The first-order chi connectivity index (χ1) is 20.2. The van der Waals surface area contributed by atoms with Crippen molar-refractivity contribution < 1.29 is 19.4 Å². The second-order valence-corrected chi connectivity index (χ2v) is 11.2. The number of nitrogens with zero attached hydrogens (tertiary/aromatic N) is 6. The number of rotatable bonds is 7. The highest BCUT2D eigenvalue weighted by atomic mass is 16.5. The number of hydrogen-bond donors (Lipinski definition) is 3. The average Bonchev–Trinajstić information content (AvgIpc) is 3.34. The minimum Gasteiger partial charge on any atom is -0.497 e. The molecule has 4 aromatic rings. The van der Waals surface area contributed by atoms with Gasteiger partial charge in [-0.15, -0.1) is 0 Å². The zero-order chi connectivity index (χ0) is 29.4. The Morgan fingerprint density at radius 2 is 1.88 bits per heavy atom. The summed E-state index contributed by atoms with van der Waals surface area (Å²) in [6, 6.07) is 13.4. The fourth-order valence-corrected chi connectivity index (χ4v) is 5.85. The minimum absolute atomic E-state index is 0.445. The number of aromatic nitrogens is 4. The predicted octanol–water partition coefficient (Wildman–Crippen LogP) is 3.69. The lowest BCUT2D eigenvalue weighted by molar-refractivity contribution is 0.1000. The zero-order valence-corrected chi connectivity index (χ0v) is 23.7. The first-order valence-electron chi connectivity index (χ1n) is 14.1. The molecule has 2 amide bonds. The highest BCUT2D eigenvalue weighted by Gasteiger charge is 2.33. The molecule has 6 rings (SSSR count). The van der Waals surface area contributed by atoms with Crippen molar-refractivity contribution >= 4 is 40.5 Å². The number of piperidine rings is 1. The monoisotopic (exact) mass is 570 g/mol. The van der Waals surface area contributed by atoms with E-state index >= 15 is 0 Å². The first-order valence-corrected chi connectivity index (χ1v) is 14.1. The number of anilines is 3. The van der Waals surface area contributed by atoms with E-state index in [0.717, 1.165) is 47.8 Å². The third-order valence-electron chi connectivity index (χ3n) is 8.24. The van der Waals surface area contributed by atoms with Crippen LogP contribution in [0.15, 0.2) is 48.7 Å². The number of primary amides is 1. The maximum atomic E-state index is 11.8. The molecule has 0 atom stereocenters. The van der Waals surface area contributed by atoms with Crippen LogP contribution >= 0.6 is 0 Å². The van der Waals surface area contributed by atoms with Crippen LogP contribution in [-0.2, 0) is 13.0 Å². The lowest BCUT2D eigenvalue weighted by atomic mass is 9.90. The summed E-state index contributed by atoms with van der Waals surface area (Å²) in [4.78, 5) is 37.3. The van der Waals surface area contributed by atoms with Gasteiger partial charge in [-0.3, -0.25) is 4.79 Å². The van der Waals surface area contributed by atoms with Crippen molar-refractivity contribution in [3.63, 3.8) is 0 Å². The van der Waals surface area contributed by atoms with Crippen molar-refractivity contribution in [2.24, 2.45) is 5.73 Å². The molecule has 0 saturated carbocycles. The van der Waals surface area contributed by atoms with Crippen molar-refractivity contribution in [1.82, 2.24) is 25.1 Å². The van der Waals surface area contributed by atoms with E-state index in [1.54, 1.807) is 19.4 Å². The molecule has 1 fully saturated rings. The van der Waals surface area contributed by atoms with Gasteiger partial charge in [0.25, 0.3) is 0 Å². The Balaban J connectivity index is 1.38. The van der Waals surface area contributed by atoms with E-state index in [2.05, 4.69) is 15.1 Å². The van der Waals surface area contributed by atoms with E-state index in [9.17, 15) is 14.7 Å². The van der Waals surface area contributed by atoms with E-state index < -0.39 is 17.5 Å². The molecule has 12 nitrogen and oxygen atoms in total.